The van der Waals surface area contributed by atoms with Crippen molar-refractivity contribution in [1.82, 2.24) is 5.32 Å². The first kappa shape index (κ1) is 25.3. The average Bonchev–Trinajstić information content (AvgIpc) is 2.86. The van der Waals surface area contributed by atoms with Crippen molar-refractivity contribution in [1.29, 1.82) is 5.26 Å². The number of rotatable bonds is 9. The van der Waals surface area contributed by atoms with Crippen LogP contribution in [0.2, 0.25) is 0 Å². The Labute approximate surface area is 206 Å². The van der Waals surface area contributed by atoms with Crippen molar-refractivity contribution in [3.8, 4) is 6.07 Å². The maximum absolute atomic E-state index is 12.8. The van der Waals surface area contributed by atoms with Gasteiger partial charge in [-0.05, 0) is 18.6 Å². The Morgan fingerprint density at radius 2 is 1.94 bits per heavy atom. The van der Waals surface area contributed by atoms with Gasteiger partial charge in [0, 0.05) is 11.8 Å². The van der Waals surface area contributed by atoms with Crippen molar-refractivity contribution in [3.05, 3.63) is 105 Å². The Morgan fingerprint density at radius 3 is 2.60 bits per heavy atom. The molecule has 178 valence electrons. The Morgan fingerprint density at radius 1 is 1.26 bits per heavy atom. The van der Waals surface area contributed by atoms with E-state index in [0.717, 1.165) is 17.3 Å². The van der Waals surface area contributed by atoms with Gasteiger partial charge in [-0.1, -0.05) is 66.9 Å². The van der Waals surface area contributed by atoms with Gasteiger partial charge in [-0.25, -0.2) is 4.79 Å². The zero-order chi connectivity index (χ0) is 25.4. The maximum atomic E-state index is 12.8. The van der Waals surface area contributed by atoms with Crippen molar-refractivity contribution in [2.24, 2.45) is 0 Å². The molecule has 0 radical (unpaired) electrons. The Bertz CT molecular complexity index is 1260. The van der Waals surface area contributed by atoms with E-state index in [0.29, 0.717) is 16.3 Å². The fourth-order valence-corrected chi connectivity index (χ4v) is 4.44. The zero-order valence-corrected chi connectivity index (χ0v) is 19.6. The number of benzene rings is 2. The number of nitro benzene ring substituents is 1. The van der Waals surface area contributed by atoms with Crippen LogP contribution in [-0.2, 0) is 14.3 Å². The Hall–Kier alpha value is -4.36. The van der Waals surface area contributed by atoms with E-state index in [1.807, 2.05) is 18.2 Å². The first-order valence-corrected chi connectivity index (χ1v) is 11.5. The third-order valence-electron chi connectivity index (χ3n) is 5.05. The molecular weight excluding hydrogens is 468 g/mol. The molecule has 9 nitrogen and oxygen atoms in total. The molecule has 2 N–H and O–H groups in total. The van der Waals surface area contributed by atoms with E-state index >= 15 is 0 Å². The van der Waals surface area contributed by atoms with Crippen LogP contribution in [0.25, 0.3) is 0 Å². The summed E-state index contributed by atoms with van der Waals surface area (Å²) in [6, 6.07) is 17.1. The monoisotopic (exact) mass is 490 g/mol. The Kier molecular flexibility index (Phi) is 8.43. The van der Waals surface area contributed by atoms with Gasteiger partial charge in [-0.15, -0.1) is 0 Å². The van der Waals surface area contributed by atoms with Gasteiger partial charge in [0.25, 0.3) is 5.69 Å². The summed E-state index contributed by atoms with van der Waals surface area (Å²) in [5.74, 6) is -1.87. The standard InChI is InChI=1S/C25H22N4O5S/c1-3-13-34-25(31)22-16(2)27-24(18(14-26)23(22)17-9-5-4-6-10-17)35-15-21(30)28-19-11-7-8-12-20(19)29(32)33/h3-12,23,27H,1,13,15H2,2H3,(H,28,30). The molecule has 0 spiro atoms. The molecular formula is C25H22N4O5S. The summed E-state index contributed by atoms with van der Waals surface area (Å²) in [4.78, 5) is 36.0. The lowest BCUT2D eigenvalue weighted by Crippen LogP contribution is -2.29. The SMILES string of the molecule is C=CCOC(=O)C1=C(C)NC(SCC(=O)Nc2ccccc2[N+](=O)[O-])=C(C#N)C1c1ccccc1. The number of carbonyl (C=O) groups excluding carboxylic acids is 2. The number of hydrogen-bond donors (Lipinski definition) is 2. The van der Waals surface area contributed by atoms with Gasteiger partial charge in [-0.2, -0.15) is 5.26 Å². The molecule has 2 aromatic carbocycles. The fraction of sp³-hybridized carbons (Fsp3) is 0.160. The number of nitro groups is 1. The second kappa shape index (κ2) is 11.7. The number of ether oxygens (including phenoxy) is 1. The van der Waals surface area contributed by atoms with Crippen molar-refractivity contribution in [2.75, 3.05) is 17.7 Å². The summed E-state index contributed by atoms with van der Waals surface area (Å²) in [6.07, 6.45) is 1.46. The topological polar surface area (TPSA) is 134 Å². The number of hydrogen-bond acceptors (Lipinski definition) is 8. The molecule has 0 aromatic heterocycles. The van der Waals surface area contributed by atoms with Crippen LogP contribution < -0.4 is 10.6 Å². The van der Waals surface area contributed by atoms with Gasteiger partial charge in [-0.3, -0.25) is 14.9 Å². The number of carbonyl (C=O) groups is 2. The van der Waals surface area contributed by atoms with Gasteiger partial charge in [0.1, 0.15) is 12.3 Å². The minimum Gasteiger partial charge on any atom is -0.458 e. The van der Waals surface area contributed by atoms with Gasteiger partial charge < -0.3 is 15.4 Å². The molecule has 1 amide bonds. The molecule has 1 aliphatic rings. The number of allylic oxidation sites excluding steroid dienone is 2. The van der Waals surface area contributed by atoms with Gasteiger partial charge in [0.2, 0.25) is 5.91 Å². The highest BCUT2D eigenvalue weighted by Crippen LogP contribution is 2.41. The maximum Gasteiger partial charge on any atom is 0.337 e. The van der Waals surface area contributed by atoms with Crippen LogP contribution in [0.3, 0.4) is 0 Å². The molecule has 1 atom stereocenters. The summed E-state index contributed by atoms with van der Waals surface area (Å²) >= 11 is 1.07. The van der Waals surface area contributed by atoms with E-state index in [2.05, 4.69) is 23.3 Å². The number of dihydropyridines is 1. The predicted octanol–water partition coefficient (Wildman–Crippen LogP) is 4.39. The van der Waals surface area contributed by atoms with E-state index < -0.39 is 22.7 Å². The molecule has 0 saturated heterocycles. The normalized spacial score (nSPS) is 15.0. The van der Waals surface area contributed by atoms with E-state index in [1.165, 1.54) is 24.3 Å². The van der Waals surface area contributed by atoms with Crippen LogP contribution in [0.5, 0.6) is 0 Å². The number of esters is 1. The summed E-state index contributed by atoms with van der Waals surface area (Å²) < 4.78 is 5.26. The van der Waals surface area contributed by atoms with E-state index in [1.54, 1.807) is 25.1 Å². The number of thioether (sulfide) groups is 1. The lowest BCUT2D eigenvalue weighted by atomic mass is 9.82. The number of nitrogens with one attached hydrogen (secondary N) is 2. The van der Waals surface area contributed by atoms with Crippen molar-refractivity contribution in [3.63, 3.8) is 0 Å². The van der Waals surface area contributed by atoms with E-state index in [-0.39, 0.29) is 29.3 Å². The van der Waals surface area contributed by atoms with Crippen LogP contribution in [0.15, 0.2) is 89.1 Å². The van der Waals surface area contributed by atoms with Crippen LogP contribution in [0.1, 0.15) is 18.4 Å². The van der Waals surface area contributed by atoms with Crippen LogP contribution in [0, 0.1) is 21.4 Å². The minimum atomic E-state index is -0.694. The Balaban J connectivity index is 1.88. The lowest BCUT2D eigenvalue weighted by molar-refractivity contribution is -0.383. The molecule has 35 heavy (non-hydrogen) atoms. The quantitative estimate of drug-likeness (QED) is 0.229. The first-order valence-electron chi connectivity index (χ1n) is 10.5. The smallest absolute Gasteiger partial charge is 0.337 e. The molecule has 0 aliphatic carbocycles. The van der Waals surface area contributed by atoms with Crippen molar-refractivity contribution >= 4 is 35.0 Å². The summed E-state index contributed by atoms with van der Waals surface area (Å²) in [5, 5.41) is 27.2. The second-order valence-corrected chi connectivity index (χ2v) is 8.35. The van der Waals surface area contributed by atoms with Crippen LogP contribution in [0.4, 0.5) is 11.4 Å². The van der Waals surface area contributed by atoms with Gasteiger partial charge in [0.15, 0.2) is 0 Å². The van der Waals surface area contributed by atoms with Gasteiger partial charge in [0.05, 0.1) is 38.8 Å². The summed E-state index contributed by atoms with van der Waals surface area (Å²) in [5.41, 5.74) is 1.63. The summed E-state index contributed by atoms with van der Waals surface area (Å²) in [6.45, 7) is 5.27. The predicted molar refractivity (Wildman–Crippen MR) is 133 cm³/mol. The number of nitrogens with zero attached hydrogens (tertiary/aromatic N) is 2. The molecule has 2 aromatic rings. The lowest BCUT2D eigenvalue weighted by Gasteiger charge is -2.29. The number of para-hydroxylation sites is 2. The average molecular weight is 491 g/mol. The molecule has 3 rings (SSSR count). The highest BCUT2D eigenvalue weighted by atomic mass is 32.2. The molecule has 10 heteroatoms. The third kappa shape index (κ3) is 5.96. The molecule has 0 saturated carbocycles. The zero-order valence-electron chi connectivity index (χ0n) is 18.8. The minimum absolute atomic E-state index is 0.0239. The third-order valence-corrected chi connectivity index (χ3v) is 6.07. The van der Waals surface area contributed by atoms with Crippen LogP contribution in [-0.4, -0.2) is 29.2 Å². The van der Waals surface area contributed by atoms with Crippen molar-refractivity contribution < 1.29 is 19.2 Å². The van der Waals surface area contributed by atoms with Crippen LogP contribution >= 0.6 is 11.8 Å². The molecule has 1 heterocycles. The fourth-order valence-electron chi connectivity index (χ4n) is 3.55. The number of amides is 1. The number of anilines is 1. The molecule has 1 aliphatic heterocycles. The highest BCUT2D eigenvalue weighted by Gasteiger charge is 2.35. The van der Waals surface area contributed by atoms with Crippen molar-refractivity contribution in [2.45, 2.75) is 12.8 Å². The molecule has 0 bridgehead atoms. The number of nitriles is 1. The molecule has 0 fully saturated rings. The van der Waals surface area contributed by atoms with E-state index in [4.69, 9.17) is 4.74 Å². The van der Waals surface area contributed by atoms with Gasteiger partial charge >= 0.3 is 5.97 Å². The largest absolute Gasteiger partial charge is 0.458 e. The first-order chi connectivity index (χ1) is 16.9. The highest BCUT2D eigenvalue weighted by molar-refractivity contribution is 8.03. The molecule has 1 unspecified atom stereocenters. The van der Waals surface area contributed by atoms with E-state index in [9.17, 15) is 25.0 Å². The second-order valence-electron chi connectivity index (χ2n) is 7.36. The summed E-state index contributed by atoms with van der Waals surface area (Å²) in [7, 11) is 0.